The molecule has 8 nitrogen and oxygen atoms in total. The Balaban J connectivity index is 2.41. The van der Waals surface area contributed by atoms with E-state index >= 15 is 0 Å². The maximum absolute atomic E-state index is 12.2. The summed E-state index contributed by atoms with van der Waals surface area (Å²) in [6.45, 7) is 3.42. The van der Waals surface area contributed by atoms with Crippen LogP contribution in [-0.2, 0) is 10.0 Å². The number of anilines is 2. The van der Waals surface area contributed by atoms with E-state index < -0.39 is 10.0 Å². The van der Waals surface area contributed by atoms with Crippen LogP contribution in [0.25, 0.3) is 0 Å². The standard InChI is InChI=1S/C10H13N5O3S/c1-6-7(2)14-18-10(6)15-19(16,17)8-4-3-5-12-9(8)13-11/h3-5,15H,11H2,1-2H3,(H,12,13). The van der Waals surface area contributed by atoms with Crippen molar-refractivity contribution in [2.24, 2.45) is 5.84 Å². The van der Waals surface area contributed by atoms with Crippen LogP contribution in [0.3, 0.4) is 0 Å². The average molecular weight is 283 g/mol. The van der Waals surface area contributed by atoms with Gasteiger partial charge in [0.1, 0.15) is 4.90 Å². The second kappa shape index (κ2) is 4.86. The zero-order valence-corrected chi connectivity index (χ0v) is 11.2. The molecular formula is C10H13N5O3S. The first-order valence-corrected chi connectivity index (χ1v) is 6.81. The van der Waals surface area contributed by atoms with Gasteiger partial charge in [-0.3, -0.25) is 0 Å². The van der Waals surface area contributed by atoms with Gasteiger partial charge < -0.3 is 9.95 Å². The number of nitrogens with zero attached hydrogens (tertiary/aromatic N) is 2. The lowest BCUT2D eigenvalue weighted by molar-refractivity contribution is 0.430. The fraction of sp³-hybridized carbons (Fsp3) is 0.200. The molecule has 0 aliphatic rings. The highest BCUT2D eigenvalue weighted by atomic mass is 32.2. The number of hydrogen-bond acceptors (Lipinski definition) is 7. The van der Waals surface area contributed by atoms with Crippen molar-refractivity contribution >= 4 is 21.7 Å². The molecule has 0 spiro atoms. The second-order valence-electron chi connectivity index (χ2n) is 3.82. The molecule has 2 heterocycles. The molecule has 19 heavy (non-hydrogen) atoms. The van der Waals surface area contributed by atoms with E-state index in [2.05, 4.69) is 20.3 Å². The van der Waals surface area contributed by atoms with Crippen molar-refractivity contribution in [1.29, 1.82) is 0 Å². The van der Waals surface area contributed by atoms with E-state index in [9.17, 15) is 8.42 Å². The topological polar surface area (TPSA) is 123 Å². The van der Waals surface area contributed by atoms with Gasteiger partial charge in [0, 0.05) is 11.8 Å². The quantitative estimate of drug-likeness (QED) is 0.559. The maximum Gasteiger partial charge on any atom is 0.267 e. The minimum atomic E-state index is -3.85. The first-order valence-electron chi connectivity index (χ1n) is 5.33. The number of hydrogen-bond donors (Lipinski definition) is 3. The molecule has 4 N–H and O–H groups in total. The largest absolute Gasteiger partial charge is 0.337 e. The molecule has 2 aromatic rings. The molecule has 0 aliphatic carbocycles. The number of nitrogens with one attached hydrogen (secondary N) is 2. The van der Waals surface area contributed by atoms with Crippen LogP contribution in [0.4, 0.5) is 11.7 Å². The number of aromatic nitrogens is 2. The van der Waals surface area contributed by atoms with Crippen molar-refractivity contribution in [2.45, 2.75) is 18.7 Å². The van der Waals surface area contributed by atoms with Gasteiger partial charge in [0.25, 0.3) is 10.0 Å². The molecular weight excluding hydrogens is 270 g/mol. The summed E-state index contributed by atoms with van der Waals surface area (Å²) in [7, 11) is -3.85. The average Bonchev–Trinajstić information content (AvgIpc) is 2.70. The van der Waals surface area contributed by atoms with Gasteiger partial charge in [0.15, 0.2) is 5.82 Å². The Bertz CT molecular complexity index is 695. The van der Waals surface area contributed by atoms with E-state index in [4.69, 9.17) is 10.4 Å². The second-order valence-corrected chi connectivity index (χ2v) is 5.47. The molecule has 0 radical (unpaired) electrons. The van der Waals surface area contributed by atoms with Crippen LogP contribution in [-0.4, -0.2) is 18.6 Å². The Morgan fingerprint density at radius 3 is 2.68 bits per heavy atom. The third kappa shape index (κ3) is 2.51. The lowest BCUT2D eigenvalue weighted by Crippen LogP contribution is -2.18. The first kappa shape index (κ1) is 13.3. The summed E-state index contributed by atoms with van der Waals surface area (Å²) in [5, 5.41) is 3.68. The van der Waals surface area contributed by atoms with Gasteiger partial charge in [-0.15, -0.1) is 0 Å². The van der Waals surface area contributed by atoms with Crippen molar-refractivity contribution in [3.8, 4) is 0 Å². The number of nitrogen functional groups attached to an aromatic ring is 1. The normalized spacial score (nSPS) is 11.3. The van der Waals surface area contributed by atoms with Crippen LogP contribution in [0.1, 0.15) is 11.3 Å². The molecule has 2 aromatic heterocycles. The zero-order chi connectivity index (χ0) is 14.0. The van der Waals surface area contributed by atoms with Crippen LogP contribution in [0.5, 0.6) is 0 Å². The van der Waals surface area contributed by atoms with Gasteiger partial charge in [-0.1, -0.05) is 5.16 Å². The van der Waals surface area contributed by atoms with E-state index in [0.29, 0.717) is 11.3 Å². The smallest absolute Gasteiger partial charge is 0.267 e. The molecule has 0 bridgehead atoms. The van der Waals surface area contributed by atoms with Gasteiger partial charge in [0.2, 0.25) is 5.88 Å². The predicted octanol–water partition coefficient (Wildman–Crippen LogP) is 0.773. The number of sulfonamides is 1. The number of pyridine rings is 1. The zero-order valence-electron chi connectivity index (χ0n) is 10.3. The van der Waals surface area contributed by atoms with Gasteiger partial charge in [-0.05, 0) is 26.0 Å². The summed E-state index contributed by atoms with van der Waals surface area (Å²) in [5.74, 6) is 5.35. The van der Waals surface area contributed by atoms with E-state index in [-0.39, 0.29) is 16.6 Å². The summed E-state index contributed by atoms with van der Waals surface area (Å²) < 4.78 is 31.6. The van der Waals surface area contributed by atoms with Gasteiger partial charge in [0.05, 0.1) is 5.69 Å². The molecule has 0 aromatic carbocycles. The van der Waals surface area contributed by atoms with Crippen molar-refractivity contribution < 1.29 is 12.9 Å². The van der Waals surface area contributed by atoms with E-state index in [0.717, 1.165) is 0 Å². The number of nitrogens with two attached hydrogens (primary N) is 1. The summed E-state index contributed by atoms with van der Waals surface area (Å²) in [4.78, 5) is 3.75. The molecule has 0 fully saturated rings. The van der Waals surface area contributed by atoms with Crippen molar-refractivity contribution in [3.63, 3.8) is 0 Å². The number of aryl methyl sites for hydroxylation is 1. The van der Waals surface area contributed by atoms with Gasteiger partial charge >= 0.3 is 0 Å². The number of rotatable bonds is 4. The summed E-state index contributed by atoms with van der Waals surface area (Å²) >= 11 is 0. The van der Waals surface area contributed by atoms with E-state index in [1.807, 2.05) is 0 Å². The Labute approximate surface area is 110 Å². The fourth-order valence-corrected chi connectivity index (χ4v) is 2.57. The van der Waals surface area contributed by atoms with Gasteiger partial charge in [-0.25, -0.2) is 24.0 Å². The third-order valence-corrected chi connectivity index (χ3v) is 3.94. The Hall–Kier alpha value is -2.13. The third-order valence-electron chi connectivity index (χ3n) is 2.58. The summed E-state index contributed by atoms with van der Waals surface area (Å²) in [5.41, 5.74) is 3.46. The highest BCUT2D eigenvalue weighted by molar-refractivity contribution is 7.92. The Kier molecular flexibility index (Phi) is 3.40. The van der Waals surface area contributed by atoms with E-state index in [1.165, 1.54) is 18.3 Å². The van der Waals surface area contributed by atoms with Crippen LogP contribution >= 0.6 is 0 Å². The maximum atomic E-state index is 12.2. The molecule has 9 heteroatoms. The van der Waals surface area contributed by atoms with Crippen LogP contribution in [0.2, 0.25) is 0 Å². The van der Waals surface area contributed by atoms with Crippen molar-refractivity contribution in [3.05, 3.63) is 29.6 Å². The molecule has 102 valence electrons. The SMILES string of the molecule is Cc1noc(NS(=O)(=O)c2cccnc2NN)c1C. The molecule has 2 rings (SSSR count). The van der Waals surface area contributed by atoms with Crippen LogP contribution in [0, 0.1) is 13.8 Å². The molecule has 0 saturated heterocycles. The molecule has 0 amide bonds. The predicted molar refractivity (Wildman–Crippen MR) is 68.8 cm³/mol. The van der Waals surface area contributed by atoms with Gasteiger partial charge in [-0.2, -0.15) is 0 Å². The fourth-order valence-electron chi connectivity index (χ4n) is 1.40. The summed E-state index contributed by atoms with van der Waals surface area (Å²) in [6, 6.07) is 2.87. The molecule has 0 unspecified atom stereocenters. The van der Waals surface area contributed by atoms with Crippen molar-refractivity contribution in [1.82, 2.24) is 10.1 Å². The minimum Gasteiger partial charge on any atom is -0.337 e. The highest BCUT2D eigenvalue weighted by Crippen LogP contribution is 2.24. The molecule has 0 aliphatic heterocycles. The lowest BCUT2D eigenvalue weighted by atomic mass is 10.3. The Morgan fingerprint density at radius 2 is 2.11 bits per heavy atom. The van der Waals surface area contributed by atoms with E-state index in [1.54, 1.807) is 13.8 Å². The summed E-state index contributed by atoms with van der Waals surface area (Å²) in [6.07, 6.45) is 1.43. The lowest BCUT2D eigenvalue weighted by Gasteiger charge is -2.09. The minimum absolute atomic E-state index is 0.0453. The monoisotopic (exact) mass is 283 g/mol. The number of hydrazine groups is 1. The van der Waals surface area contributed by atoms with Crippen molar-refractivity contribution in [2.75, 3.05) is 10.1 Å². The molecule has 0 saturated carbocycles. The molecule has 0 atom stereocenters. The highest BCUT2D eigenvalue weighted by Gasteiger charge is 2.22. The van der Waals surface area contributed by atoms with Crippen LogP contribution < -0.4 is 16.0 Å². The Morgan fingerprint density at radius 1 is 1.37 bits per heavy atom. The van der Waals surface area contributed by atoms with Crippen LogP contribution in [0.15, 0.2) is 27.7 Å². The first-order chi connectivity index (χ1) is 8.95.